The van der Waals surface area contributed by atoms with E-state index in [-0.39, 0.29) is 5.76 Å². The SMILES string of the molecule is O=C(O)CN(CC(=O)O)C(=O)c1ccco1. The predicted octanol–water partition coefficient (Wildman–Crippen LogP) is -0.109. The largest absolute Gasteiger partial charge is 0.480 e. The van der Waals surface area contributed by atoms with Gasteiger partial charge in [-0.25, -0.2) is 0 Å². The lowest BCUT2D eigenvalue weighted by Gasteiger charge is -2.16. The second kappa shape index (κ2) is 4.96. The standard InChI is InChI=1S/C9H9NO6/c11-7(12)4-10(5-8(13)14)9(15)6-2-1-3-16-6/h1-3H,4-5H2,(H,11,12)(H,13,14). The van der Waals surface area contributed by atoms with Crippen molar-refractivity contribution in [3.63, 3.8) is 0 Å². The third-order valence-corrected chi connectivity index (χ3v) is 1.67. The van der Waals surface area contributed by atoms with E-state index in [0.29, 0.717) is 4.90 Å². The zero-order valence-corrected chi connectivity index (χ0v) is 8.12. The van der Waals surface area contributed by atoms with Gasteiger partial charge in [-0.05, 0) is 12.1 Å². The van der Waals surface area contributed by atoms with Gasteiger partial charge in [0.05, 0.1) is 6.26 Å². The number of hydrogen-bond donors (Lipinski definition) is 2. The second-order valence-corrected chi connectivity index (χ2v) is 2.93. The van der Waals surface area contributed by atoms with Gasteiger partial charge in [-0.1, -0.05) is 0 Å². The number of carbonyl (C=O) groups excluding carboxylic acids is 1. The summed E-state index contributed by atoms with van der Waals surface area (Å²) in [5, 5.41) is 17.1. The minimum atomic E-state index is -1.29. The molecule has 1 rings (SSSR count). The molecule has 1 aromatic heterocycles. The van der Waals surface area contributed by atoms with Crippen molar-refractivity contribution in [2.24, 2.45) is 0 Å². The van der Waals surface area contributed by atoms with Crippen molar-refractivity contribution < 1.29 is 29.0 Å². The number of carboxylic acids is 2. The molecule has 7 nitrogen and oxygen atoms in total. The molecule has 1 heterocycles. The quantitative estimate of drug-likeness (QED) is 0.726. The minimum Gasteiger partial charge on any atom is -0.480 e. The first-order valence-electron chi connectivity index (χ1n) is 4.27. The number of rotatable bonds is 5. The number of aliphatic carboxylic acids is 2. The number of furan rings is 1. The molecule has 0 bridgehead atoms. The molecular weight excluding hydrogens is 218 g/mol. The van der Waals surface area contributed by atoms with Gasteiger partial charge in [0.25, 0.3) is 5.91 Å². The van der Waals surface area contributed by atoms with Gasteiger partial charge in [0.1, 0.15) is 13.1 Å². The lowest BCUT2D eigenvalue weighted by molar-refractivity contribution is -0.140. The molecule has 0 saturated carbocycles. The number of hydrogen-bond acceptors (Lipinski definition) is 4. The van der Waals surface area contributed by atoms with Crippen LogP contribution in [0.3, 0.4) is 0 Å². The van der Waals surface area contributed by atoms with E-state index in [1.54, 1.807) is 0 Å². The molecule has 1 aromatic rings. The van der Waals surface area contributed by atoms with Crippen molar-refractivity contribution in [3.05, 3.63) is 24.2 Å². The molecule has 0 atom stereocenters. The molecule has 0 radical (unpaired) electrons. The fourth-order valence-electron chi connectivity index (χ4n) is 1.08. The van der Waals surface area contributed by atoms with Gasteiger partial charge in [0.2, 0.25) is 0 Å². The van der Waals surface area contributed by atoms with Crippen LogP contribution in [0, 0.1) is 0 Å². The molecule has 1 amide bonds. The molecule has 0 fully saturated rings. The van der Waals surface area contributed by atoms with E-state index in [4.69, 9.17) is 14.6 Å². The Balaban J connectivity index is 2.79. The number of carbonyl (C=O) groups is 3. The topological polar surface area (TPSA) is 108 Å². The fraction of sp³-hybridized carbons (Fsp3) is 0.222. The molecule has 0 aliphatic rings. The van der Waals surface area contributed by atoms with E-state index < -0.39 is 30.9 Å². The number of amides is 1. The first-order chi connectivity index (χ1) is 7.50. The first-order valence-corrected chi connectivity index (χ1v) is 4.27. The highest BCUT2D eigenvalue weighted by atomic mass is 16.4. The van der Waals surface area contributed by atoms with Gasteiger partial charge in [0, 0.05) is 0 Å². The summed E-state index contributed by atoms with van der Waals surface area (Å²) in [6.45, 7) is -1.38. The molecule has 2 N–H and O–H groups in total. The molecule has 0 spiro atoms. The van der Waals surface area contributed by atoms with E-state index in [0.717, 1.165) is 0 Å². The van der Waals surface area contributed by atoms with Crippen LogP contribution < -0.4 is 0 Å². The Bertz CT molecular complexity index is 380. The summed E-state index contributed by atoms with van der Waals surface area (Å²) < 4.78 is 4.76. The summed E-state index contributed by atoms with van der Waals surface area (Å²) in [5.41, 5.74) is 0. The lowest BCUT2D eigenvalue weighted by Crippen LogP contribution is -2.39. The van der Waals surface area contributed by atoms with Gasteiger partial charge >= 0.3 is 11.9 Å². The summed E-state index contributed by atoms with van der Waals surface area (Å²) in [5.74, 6) is -3.44. The number of carboxylic acid groups (broad SMARTS) is 2. The highest BCUT2D eigenvalue weighted by Gasteiger charge is 2.22. The average molecular weight is 227 g/mol. The monoisotopic (exact) mass is 227 g/mol. The highest BCUT2D eigenvalue weighted by molar-refractivity contribution is 5.95. The highest BCUT2D eigenvalue weighted by Crippen LogP contribution is 2.05. The van der Waals surface area contributed by atoms with Crippen LogP contribution in [0.5, 0.6) is 0 Å². The van der Waals surface area contributed by atoms with Crippen LogP contribution in [-0.4, -0.2) is 46.0 Å². The van der Waals surface area contributed by atoms with Gasteiger partial charge in [0.15, 0.2) is 5.76 Å². The molecule has 16 heavy (non-hydrogen) atoms. The van der Waals surface area contributed by atoms with Crippen molar-refractivity contribution in [3.8, 4) is 0 Å². The van der Waals surface area contributed by atoms with E-state index in [9.17, 15) is 14.4 Å². The van der Waals surface area contributed by atoms with Crippen LogP contribution in [0.2, 0.25) is 0 Å². The Morgan fingerprint density at radius 3 is 2.12 bits per heavy atom. The third-order valence-electron chi connectivity index (χ3n) is 1.67. The molecule has 0 saturated heterocycles. The van der Waals surface area contributed by atoms with Crippen molar-refractivity contribution in [2.45, 2.75) is 0 Å². The Hall–Kier alpha value is -2.31. The van der Waals surface area contributed by atoms with E-state index in [2.05, 4.69) is 0 Å². The average Bonchev–Trinajstić information content (AvgIpc) is 2.66. The Morgan fingerprint density at radius 2 is 1.75 bits per heavy atom. The summed E-state index contributed by atoms with van der Waals surface area (Å²) in [6.07, 6.45) is 1.24. The third kappa shape index (κ3) is 3.12. The number of nitrogens with zero attached hydrogens (tertiary/aromatic N) is 1. The Labute approximate surface area is 89.9 Å². The van der Waals surface area contributed by atoms with E-state index in [1.807, 2.05) is 0 Å². The van der Waals surface area contributed by atoms with E-state index >= 15 is 0 Å². The van der Waals surface area contributed by atoms with Crippen molar-refractivity contribution >= 4 is 17.8 Å². The van der Waals surface area contributed by atoms with E-state index in [1.165, 1.54) is 18.4 Å². The molecule has 0 aromatic carbocycles. The van der Waals surface area contributed by atoms with Gasteiger partial charge < -0.3 is 19.5 Å². The van der Waals surface area contributed by atoms with Crippen molar-refractivity contribution in [2.75, 3.05) is 13.1 Å². The first kappa shape index (κ1) is 11.8. The Morgan fingerprint density at radius 1 is 1.19 bits per heavy atom. The molecule has 7 heteroatoms. The smallest absolute Gasteiger partial charge is 0.323 e. The Kier molecular flexibility index (Phi) is 3.65. The van der Waals surface area contributed by atoms with Crippen LogP contribution in [-0.2, 0) is 9.59 Å². The van der Waals surface area contributed by atoms with Crippen molar-refractivity contribution in [1.29, 1.82) is 0 Å². The van der Waals surface area contributed by atoms with Crippen LogP contribution in [0.1, 0.15) is 10.6 Å². The van der Waals surface area contributed by atoms with Crippen LogP contribution in [0.25, 0.3) is 0 Å². The summed E-state index contributed by atoms with van der Waals surface area (Å²) in [6, 6.07) is 2.78. The lowest BCUT2D eigenvalue weighted by atomic mass is 10.3. The molecule has 0 unspecified atom stereocenters. The maximum Gasteiger partial charge on any atom is 0.323 e. The van der Waals surface area contributed by atoms with Crippen LogP contribution in [0.4, 0.5) is 0 Å². The predicted molar refractivity (Wildman–Crippen MR) is 49.9 cm³/mol. The fourth-order valence-corrected chi connectivity index (χ4v) is 1.08. The van der Waals surface area contributed by atoms with Crippen LogP contribution >= 0.6 is 0 Å². The summed E-state index contributed by atoms with van der Waals surface area (Å²) >= 11 is 0. The van der Waals surface area contributed by atoms with Gasteiger partial charge in [-0.3, -0.25) is 14.4 Å². The van der Waals surface area contributed by atoms with Gasteiger partial charge in [-0.15, -0.1) is 0 Å². The molecule has 0 aliphatic heterocycles. The zero-order valence-electron chi connectivity index (χ0n) is 8.12. The normalized spacial score (nSPS) is 9.75. The maximum atomic E-state index is 11.6. The molecular formula is C9H9NO6. The maximum absolute atomic E-state index is 11.6. The summed E-state index contributed by atoms with van der Waals surface area (Å²) in [4.78, 5) is 33.1. The minimum absolute atomic E-state index is 0.0949. The molecule has 86 valence electrons. The zero-order chi connectivity index (χ0) is 12.1. The summed E-state index contributed by atoms with van der Waals surface area (Å²) in [7, 11) is 0. The van der Waals surface area contributed by atoms with Gasteiger partial charge in [-0.2, -0.15) is 0 Å². The molecule has 0 aliphatic carbocycles. The van der Waals surface area contributed by atoms with Crippen LogP contribution in [0.15, 0.2) is 22.8 Å². The van der Waals surface area contributed by atoms with Crippen molar-refractivity contribution in [1.82, 2.24) is 4.90 Å². The second-order valence-electron chi connectivity index (χ2n) is 2.93.